The molecule has 0 bridgehead atoms. The fourth-order valence-corrected chi connectivity index (χ4v) is 10.6. The first-order valence-electron chi connectivity index (χ1n) is 20.0. The van der Waals surface area contributed by atoms with E-state index in [2.05, 4.69) is 40.7 Å². The van der Waals surface area contributed by atoms with Crippen LogP contribution in [0, 0.1) is 18.3 Å². The van der Waals surface area contributed by atoms with Gasteiger partial charge in [-0.15, -0.1) is 30.7 Å². The van der Waals surface area contributed by atoms with Crippen molar-refractivity contribution in [3.05, 3.63) is 77.9 Å². The largest absolute Gasteiger partial charge is 0.505 e. The van der Waals surface area contributed by atoms with Crippen molar-refractivity contribution in [2.75, 3.05) is 26.4 Å². The molecule has 8 rings (SSSR count). The molecule has 0 aliphatic rings. The van der Waals surface area contributed by atoms with Gasteiger partial charge in [0.25, 0.3) is 40.5 Å². The van der Waals surface area contributed by atoms with Gasteiger partial charge in [-0.25, -0.2) is 9.97 Å². The minimum atomic E-state index is -5.38. The van der Waals surface area contributed by atoms with Crippen LogP contribution in [0.5, 0.6) is 23.1 Å². The highest BCUT2D eigenvalue weighted by Gasteiger charge is 2.28. The normalized spacial score (nSPS) is 12.9. The Labute approximate surface area is 413 Å². The summed E-state index contributed by atoms with van der Waals surface area (Å²) in [5.74, 6) is -2.24. The number of hydrogen-bond acceptors (Lipinski definition) is 24. The molecule has 0 spiro atoms. The number of pyridine rings is 1. The Morgan fingerprint density at radius 2 is 1.25 bits per heavy atom. The highest BCUT2D eigenvalue weighted by Crippen LogP contribution is 2.47. The minimum Gasteiger partial charge on any atom is -0.505 e. The number of nitriles is 1. The molecule has 0 fully saturated rings. The van der Waals surface area contributed by atoms with E-state index >= 15 is 0 Å². The van der Waals surface area contributed by atoms with Crippen LogP contribution in [0.25, 0.3) is 37.7 Å². The van der Waals surface area contributed by atoms with E-state index in [1.54, 1.807) is 24.3 Å². The number of fused-ring (bicyclic) bond motifs is 5. The molecule has 28 nitrogen and oxygen atoms in total. The first-order valence-corrected chi connectivity index (χ1v) is 26.5. The molecule has 0 radical (unpaired) electrons. The van der Waals surface area contributed by atoms with Crippen LogP contribution in [-0.2, 0) is 40.5 Å². The molecule has 378 valence electrons. The maximum absolute atomic E-state index is 12.8. The summed E-state index contributed by atoms with van der Waals surface area (Å²) in [5, 5.41) is 74.9. The molecule has 0 saturated heterocycles. The van der Waals surface area contributed by atoms with Crippen molar-refractivity contribution >= 4 is 123 Å². The fraction of sp³-hybridized carbons (Fsp3) is 0.125. The molecule has 73 heavy (non-hydrogen) atoms. The molecule has 0 unspecified atom stereocenters. The molecule has 0 amide bonds. The van der Waals surface area contributed by atoms with Gasteiger partial charge in [-0.2, -0.15) is 38.9 Å². The highest BCUT2D eigenvalue weighted by molar-refractivity contribution is 7.87. The van der Waals surface area contributed by atoms with Crippen LogP contribution in [0.1, 0.15) is 11.1 Å². The zero-order valence-electron chi connectivity index (χ0n) is 36.4. The number of aliphatic hydroxyl groups is 2. The molecule has 3 aromatic heterocycles. The second kappa shape index (κ2) is 19.4. The van der Waals surface area contributed by atoms with E-state index < -0.39 is 126 Å². The molecule has 8 N–H and O–H groups in total. The topological polar surface area (TPSA) is 445 Å². The number of rotatable bonds is 16. The molecule has 3 heterocycles. The number of imidazole rings is 1. The van der Waals surface area contributed by atoms with E-state index in [1.807, 2.05) is 6.07 Å². The Morgan fingerprint density at radius 1 is 0.671 bits per heavy atom. The summed E-state index contributed by atoms with van der Waals surface area (Å²) >= 11 is 0.569. The Balaban J connectivity index is 1.26. The number of ether oxygens (including phenoxy) is 2. The molecule has 0 saturated carbocycles. The van der Waals surface area contributed by atoms with Crippen LogP contribution in [0.4, 0.5) is 33.6 Å². The Morgan fingerprint density at radius 3 is 1.84 bits per heavy atom. The molecule has 5 aromatic carbocycles. The second-order valence-corrected chi connectivity index (χ2v) is 21.5. The quantitative estimate of drug-likeness (QED) is 0.0363. The van der Waals surface area contributed by atoms with Crippen LogP contribution in [0.3, 0.4) is 0 Å². The van der Waals surface area contributed by atoms with Crippen molar-refractivity contribution in [1.29, 1.82) is 5.26 Å². The molecule has 0 atom stereocenters. The van der Waals surface area contributed by atoms with E-state index in [1.165, 1.54) is 11.3 Å². The third-order valence-corrected chi connectivity index (χ3v) is 14.6. The van der Waals surface area contributed by atoms with Crippen LogP contribution in [-0.4, -0.2) is 113 Å². The summed E-state index contributed by atoms with van der Waals surface area (Å²) in [6.07, 6.45) is 0. The van der Waals surface area contributed by atoms with Crippen molar-refractivity contribution in [1.82, 2.24) is 14.4 Å². The van der Waals surface area contributed by atoms with Gasteiger partial charge in [0, 0.05) is 23.1 Å². The first kappa shape index (κ1) is 51.6. The van der Waals surface area contributed by atoms with Gasteiger partial charge in [0.05, 0.1) is 33.8 Å². The zero-order valence-corrected chi connectivity index (χ0v) is 40.4. The smallest absolute Gasteiger partial charge is 0.296 e. The van der Waals surface area contributed by atoms with Crippen LogP contribution < -0.4 is 9.47 Å². The number of aromatic hydroxyl groups is 2. The standard InChI is InChI=1S/C40H30N10O18S5/c1-18-22(17-41)38-42-23-4-2-3-5-27(23)50(38)39(54)34(18)47-46-26-14-21-19(10-31(26)71(58,59)60)11-32(72(61,62)63)36(37(21)53)48-44-24-15-29(68-9-7-52)25(16-28(24)67-8-6-51)45-49-40-43-35-30(69-40)12-20(70(55,56)57)13-33(35)73(64,65)66/h2-5,10-16,51-54H,6-9H2,1H3,(H,55,56,57)(H,58,59,60)(H,61,62,63)(H,64,65,66). The van der Waals surface area contributed by atoms with Gasteiger partial charge in [0.2, 0.25) is 11.0 Å². The number of phenolic OH excluding ortho intramolecular Hbond substituents is 1. The van der Waals surface area contributed by atoms with Gasteiger partial charge in [-0.1, -0.05) is 23.5 Å². The Hall–Kier alpha value is -7.75. The molecular formula is C40H30N10O18S5. The summed E-state index contributed by atoms with van der Waals surface area (Å²) in [6.45, 7) is -0.620. The fourth-order valence-electron chi connectivity index (χ4n) is 7.05. The SMILES string of the molecule is Cc1c(N=Nc2cc3c(O)c(N=Nc4cc(OCCO)c(N=Nc5nc6c(S(=O)(=O)O)cc(S(=O)(=O)O)cc6s5)cc4OCCO)c(S(=O)(=O)O)cc3cc2S(=O)(=O)O)c(O)n2c(nc3ccccc32)c1C#N. The van der Waals surface area contributed by atoms with Gasteiger partial charge in [0.15, 0.2) is 17.1 Å². The molecule has 33 heteroatoms. The lowest BCUT2D eigenvalue weighted by atomic mass is 10.1. The number of thiazole rings is 1. The first-order chi connectivity index (χ1) is 34.3. The lowest BCUT2D eigenvalue weighted by molar-refractivity contribution is 0.198. The third kappa shape index (κ3) is 10.2. The lowest BCUT2D eigenvalue weighted by Gasteiger charge is -2.13. The zero-order chi connectivity index (χ0) is 52.9. The monoisotopic (exact) mass is 1100 g/mol. The maximum atomic E-state index is 12.8. The number of benzene rings is 5. The lowest BCUT2D eigenvalue weighted by Crippen LogP contribution is -2.04. The number of aliphatic hydroxyl groups excluding tert-OH is 2. The van der Waals surface area contributed by atoms with Crippen molar-refractivity contribution in [2.45, 2.75) is 26.5 Å². The summed E-state index contributed by atoms with van der Waals surface area (Å²) < 4.78 is 151. The third-order valence-electron chi connectivity index (χ3n) is 10.2. The summed E-state index contributed by atoms with van der Waals surface area (Å²) in [6, 6.07) is 14.2. The molecular weight excluding hydrogens is 1070 g/mol. The van der Waals surface area contributed by atoms with Crippen LogP contribution in [0.15, 0.2) is 117 Å². The second-order valence-electron chi connectivity index (χ2n) is 14.9. The number of aromatic nitrogens is 3. The van der Waals surface area contributed by atoms with Gasteiger partial charge in [0.1, 0.15) is 79.3 Å². The molecule has 0 aliphatic carbocycles. The number of nitrogens with zero attached hydrogens (tertiary/aromatic N) is 10. The molecule has 0 aliphatic heterocycles. The van der Waals surface area contributed by atoms with Crippen molar-refractivity contribution < 1.29 is 81.8 Å². The van der Waals surface area contributed by atoms with E-state index in [-0.39, 0.29) is 55.2 Å². The average Bonchev–Trinajstić information content (AvgIpc) is 3.92. The Bertz CT molecular complexity index is 4250. The van der Waals surface area contributed by atoms with Gasteiger partial charge >= 0.3 is 0 Å². The highest BCUT2D eigenvalue weighted by atomic mass is 32.2. The van der Waals surface area contributed by atoms with E-state index in [0.29, 0.717) is 40.6 Å². The van der Waals surface area contributed by atoms with E-state index in [9.17, 15) is 77.6 Å². The van der Waals surface area contributed by atoms with Gasteiger partial charge in [-0.05, 0) is 54.8 Å². The minimum absolute atomic E-state index is 0.0392. The predicted octanol–water partition coefficient (Wildman–Crippen LogP) is 6.82. The van der Waals surface area contributed by atoms with Crippen molar-refractivity contribution in [2.24, 2.45) is 30.7 Å². The van der Waals surface area contributed by atoms with Crippen LogP contribution in [0.2, 0.25) is 0 Å². The summed E-state index contributed by atoms with van der Waals surface area (Å²) in [5.41, 5.74) is -2.25. The average molecular weight is 1100 g/mol. The number of para-hydroxylation sites is 2. The van der Waals surface area contributed by atoms with Crippen LogP contribution >= 0.6 is 11.3 Å². The van der Waals surface area contributed by atoms with Gasteiger partial charge in [-0.3, -0.25) is 22.6 Å². The summed E-state index contributed by atoms with van der Waals surface area (Å²) in [4.78, 5) is 4.37. The van der Waals surface area contributed by atoms with E-state index in [0.717, 1.165) is 24.3 Å². The number of hydrogen-bond donors (Lipinski definition) is 8. The van der Waals surface area contributed by atoms with Crippen molar-refractivity contribution in [3.63, 3.8) is 0 Å². The van der Waals surface area contributed by atoms with Crippen molar-refractivity contribution in [3.8, 4) is 29.2 Å². The number of phenols is 1. The predicted molar refractivity (Wildman–Crippen MR) is 252 cm³/mol. The van der Waals surface area contributed by atoms with Gasteiger partial charge < -0.3 is 29.9 Å². The molecule has 8 aromatic rings. The maximum Gasteiger partial charge on any atom is 0.296 e. The Kier molecular flexibility index (Phi) is 13.7. The van der Waals surface area contributed by atoms with E-state index in [4.69, 9.17) is 9.47 Å². The summed E-state index contributed by atoms with van der Waals surface area (Å²) in [7, 11) is -20.7. The number of azo groups is 3.